The van der Waals surface area contributed by atoms with Crippen molar-refractivity contribution < 1.29 is 9.47 Å². The van der Waals surface area contributed by atoms with Crippen molar-refractivity contribution in [1.29, 1.82) is 0 Å². The van der Waals surface area contributed by atoms with E-state index in [1.807, 2.05) is 0 Å². The van der Waals surface area contributed by atoms with Crippen molar-refractivity contribution in [3.05, 3.63) is 0 Å². The van der Waals surface area contributed by atoms with Gasteiger partial charge in [-0.1, -0.05) is 13.8 Å². The highest BCUT2D eigenvalue weighted by atomic mass is 16.5. The molecular formula is C9H18O2. The van der Waals surface area contributed by atoms with E-state index in [1.54, 1.807) is 7.11 Å². The van der Waals surface area contributed by atoms with Crippen LogP contribution in [-0.2, 0) is 9.47 Å². The summed E-state index contributed by atoms with van der Waals surface area (Å²) in [5.74, 6) is 0.549. The van der Waals surface area contributed by atoms with E-state index in [0.29, 0.717) is 5.92 Å². The van der Waals surface area contributed by atoms with Gasteiger partial charge in [-0.2, -0.15) is 0 Å². The first-order valence-electron chi connectivity index (χ1n) is 4.34. The number of ether oxygens (including phenoxy) is 2. The average Bonchev–Trinajstić information content (AvgIpc) is 2.05. The van der Waals surface area contributed by atoms with Gasteiger partial charge in [0.1, 0.15) is 0 Å². The fourth-order valence-electron chi connectivity index (χ4n) is 1.64. The van der Waals surface area contributed by atoms with Crippen LogP contribution in [0.15, 0.2) is 0 Å². The molecule has 1 atom stereocenters. The number of rotatable bonds is 2. The van der Waals surface area contributed by atoms with Crippen molar-refractivity contribution in [2.45, 2.75) is 32.3 Å². The zero-order valence-electron chi connectivity index (χ0n) is 7.72. The third kappa shape index (κ3) is 1.74. The molecule has 0 aromatic heterocycles. The molecule has 11 heavy (non-hydrogen) atoms. The molecule has 0 radical (unpaired) electrons. The third-order valence-electron chi connectivity index (χ3n) is 2.69. The molecule has 0 aliphatic carbocycles. The van der Waals surface area contributed by atoms with Crippen LogP contribution >= 0.6 is 0 Å². The average molecular weight is 158 g/mol. The Labute approximate surface area is 68.9 Å². The molecule has 0 saturated carbocycles. The summed E-state index contributed by atoms with van der Waals surface area (Å²) in [6, 6.07) is 0. The van der Waals surface area contributed by atoms with Crippen LogP contribution in [0.2, 0.25) is 0 Å². The van der Waals surface area contributed by atoms with Crippen LogP contribution in [0.5, 0.6) is 0 Å². The van der Waals surface area contributed by atoms with Gasteiger partial charge >= 0.3 is 0 Å². The molecule has 1 fully saturated rings. The second-order valence-electron chi connectivity index (χ2n) is 3.58. The van der Waals surface area contributed by atoms with Crippen molar-refractivity contribution in [3.8, 4) is 0 Å². The second kappa shape index (κ2) is 3.55. The van der Waals surface area contributed by atoms with Gasteiger partial charge in [0, 0.05) is 13.7 Å². The van der Waals surface area contributed by atoms with Crippen LogP contribution < -0.4 is 0 Å². The molecule has 1 heterocycles. The first-order valence-corrected chi connectivity index (χ1v) is 4.34. The molecule has 0 amide bonds. The van der Waals surface area contributed by atoms with E-state index in [0.717, 1.165) is 26.1 Å². The second-order valence-corrected chi connectivity index (χ2v) is 3.58. The third-order valence-corrected chi connectivity index (χ3v) is 2.69. The van der Waals surface area contributed by atoms with Gasteiger partial charge in [0.25, 0.3) is 0 Å². The zero-order chi connectivity index (χ0) is 8.32. The van der Waals surface area contributed by atoms with Crippen molar-refractivity contribution in [3.63, 3.8) is 0 Å². The van der Waals surface area contributed by atoms with Gasteiger partial charge in [-0.25, -0.2) is 0 Å². The van der Waals surface area contributed by atoms with Crippen LogP contribution in [0.25, 0.3) is 0 Å². The molecule has 2 heteroatoms. The summed E-state index contributed by atoms with van der Waals surface area (Å²) in [4.78, 5) is 0. The molecule has 1 aliphatic rings. The Balaban J connectivity index is 2.57. The Bertz CT molecular complexity index is 115. The highest BCUT2D eigenvalue weighted by molar-refractivity contribution is 4.85. The molecule has 1 rings (SSSR count). The number of methoxy groups -OCH3 is 1. The summed E-state index contributed by atoms with van der Waals surface area (Å²) in [5, 5.41) is 0. The normalized spacial score (nSPS) is 32.7. The molecule has 2 nitrogen and oxygen atoms in total. The Morgan fingerprint density at radius 3 is 2.45 bits per heavy atom. The van der Waals surface area contributed by atoms with Gasteiger partial charge in [-0.3, -0.25) is 0 Å². The first kappa shape index (κ1) is 9.01. The van der Waals surface area contributed by atoms with Crippen LogP contribution in [-0.4, -0.2) is 25.9 Å². The summed E-state index contributed by atoms with van der Waals surface area (Å²) >= 11 is 0. The van der Waals surface area contributed by atoms with Gasteiger partial charge in [-0.15, -0.1) is 0 Å². The number of hydrogen-bond donors (Lipinski definition) is 0. The Kier molecular flexibility index (Phi) is 2.90. The van der Waals surface area contributed by atoms with Crippen LogP contribution in [0.1, 0.15) is 26.7 Å². The van der Waals surface area contributed by atoms with Crippen molar-refractivity contribution >= 4 is 0 Å². The monoisotopic (exact) mass is 158 g/mol. The molecule has 0 spiro atoms. The predicted octanol–water partition coefficient (Wildman–Crippen LogP) is 1.84. The standard InChI is InChI=1S/C9H18O2/c1-8(2)9(10-3)5-4-6-11-7-9/h8H,4-7H2,1-3H3. The van der Waals surface area contributed by atoms with Crippen molar-refractivity contribution in [2.75, 3.05) is 20.3 Å². The highest BCUT2D eigenvalue weighted by Crippen LogP contribution is 2.30. The van der Waals surface area contributed by atoms with Gasteiger partial charge in [-0.05, 0) is 18.8 Å². The van der Waals surface area contributed by atoms with Crippen molar-refractivity contribution in [1.82, 2.24) is 0 Å². The Hall–Kier alpha value is -0.0800. The molecule has 1 aliphatic heterocycles. The maximum Gasteiger partial charge on any atom is 0.0934 e. The van der Waals surface area contributed by atoms with E-state index in [9.17, 15) is 0 Å². The molecule has 0 bridgehead atoms. The fourth-order valence-corrected chi connectivity index (χ4v) is 1.64. The zero-order valence-corrected chi connectivity index (χ0v) is 7.72. The van der Waals surface area contributed by atoms with E-state index < -0.39 is 0 Å². The smallest absolute Gasteiger partial charge is 0.0934 e. The van der Waals surface area contributed by atoms with Crippen LogP contribution in [0, 0.1) is 5.92 Å². The lowest BCUT2D eigenvalue weighted by Crippen LogP contribution is -2.45. The van der Waals surface area contributed by atoms with Gasteiger partial charge in [0.2, 0.25) is 0 Å². The summed E-state index contributed by atoms with van der Waals surface area (Å²) in [7, 11) is 1.79. The lowest BCUT2D eigenvalue weighted by molar-refractivity contribution is -0.134. The SMILES string of the molecule is COC1(C(C)C)CCCOC1. The molecule has 1 unspecified atom stereocenters. The topological polar surface area (TPSA) is 18.5 Å². The molecule has 66 valence electrons. The molecule has 0 N–H and O–H groups in total. The van der Waals surface area contributed by atoms with E-state index >= 15 is 0 Å². The van der Waals surface area contributed by atoms with Gasteiger partial charge < -0.3 is 9.47 Å². The van der Waals surface area contributed by atoms with E-state index in [2.05, 4.69) is 13.8 Å². The molecule has 0 aromatic rings. The van der Waals surface area contributed by atoms with E-state index in [-0.39, 0.29) is 5.60 Å². The van der Waals surface area contributed by atoms with E-state index in [4.69, 9.17) is 9.47 Å². The van der Waals surface area contributed by atoms with Crippen molar-refractivity contribution in [2.24, 2.45) is 5.92 Å². The lowest BCUT2D eigenvalue weighted by Gasteiger charge is -2.39. The summed E-state index contributed by atoms with van der Waals surface area (Å²) in [5.41, 5.74) is -0.00174. The minimum absolute atomic E-state index is 0.00174. The summed E-state index contributed by atoms with van der Waals surface area (Å²) in [6.07, 6.45) is 2.27. The van der Waals surface area contributed by atoms with E-state index in [1.165, 1.54) is 0 Å². The lowest BCUT2D eigenvalue weighted by atomic mass is 9.85. The summed E-state index contributed by atoms with van der Waals surface area (Å²) < 4.78 is 10.9. The molecule has 0 aromatic carbocycles. The first-order chi connectivity index (χ1) is 5.21. The molecule has 1 saturated heterocycles. The van der Waals surface area contributed by atoms with Gasteiger partial charge in [0.15, 0.2) is 0 Å². The van der Waals surface area contributed by atoms with Crippen LogP contribution in [0.3, 0.4) is 0 Å². The highest BCUT2D eigenvalue weighted by Gasteiger charge is 2.35. The Morgan fingerprint density at radius 2 is 2.18 bits per heavy atom. The predicted molar refractivity (Wildman–Crippen MR) is 44.6 cm³/mol. The summed E-state index contributed by atoms with van der Waals surface area (Å²) in [6.45, 7) is 6.05. The fraction of sp³-hybridized carbons (Fsp3) is 1.00. The maximum absolute atomic E-state index is 5.52. The maximum atomic E-state index is 5.52. The minimum atomic E-state index is -0.00174. The Morgan fingerprint density at radius 1 is 1.45 bits per heavy atom. The number of hydrogen-bond acceptors (Lipinski definition) is 2. The largest absolute Gasteiger partial charge is 0.378 e. The minimum Gasteiger partial charge on any atom is -0.378 e. The van der Waals surface area contributed by atoms with Crippen LogP contribution in [0.4, 0.5) is 0 Å². The quantitative estimate of drug-likeness (QED) is 0.610. The van der Waals surface area contributed by atoms with Gasteiger partial charge in [0.05, 0.1) is 12.2 Å². The molecular weight excluding hydrogens is 140 g/mol.